The number of halogens is 1. The third-order valence-corrected chi connectivity index (χ3v) is 3.27. The zero-order valence-electron chi connectivity index (χ0n) is 8.49. The maximum Gasteiger partial charge on any atom is 0.176 e. The average Bonchev–Trinajstić information content (AvgIpc) is 2.27. The molecule has 1 aromatic rings. The van der Waals surface area contributed by atoms with Crippen LogP contribution in [0.1, 0.15) is 16.7 Å². The first-order valence-corrected chi connectivity index (χ1v) is 5.91. The monoisotopic (exact) mass is 245 g/mol. The van der Waals surface area contributed by atoms with Crippen LogP contribution in [0.25, 0.3) is 0 Å². The van der Waals surface area contributed by atoms with Crippen molar-refractivity contribution >= 4 is 28.5 Å². The van der Waals surface area contributed by atoms with E-state index in [0.717, 1.165) is 16.0 Å². The maximum absolute atomic E-state index is 9.11. The summed E-state index contributed by atoms with van der Waals surface area (Å²) in [7, 11) is 0. The van der Waals surface area contributed by atoms with Crippen LogP contribution in [0.15, 0.2) is 22.2 Å². The van der Waals surface area contributed by atoms with Gasteiger partial charge in [0.15, 0.2) is 5.17 Å². The molecule has 0 aromatic heterocycles. The predicted molar refractivity (Wildman–Crippen MR) is 63.1 cm³/mol. The lowest BCUT2D eigenvalue weighted by molar-refractivity contribution is 0.281. The molecule has 0 bridgehead atoms. The minimum absolute atomic E-state index is 0.0483. The van der Waals surface area contributed by atoms with E-state index in [1.165, 1.54) is 11.8 Å². The molecule has 5 heteroatoms. The van der Waals surface area contributed by atoms with Crippen molar-refractivity contribution in [3.63, 3.8) is 0 Å². The number of benzene rings is 1. The van der Waals surface area contributed by atoms with E-state index in [2.05, 4.69) is 5.16 Å². The molecule has 0 fully saturated rings. The fourth-order valence-electron chi connectivity index (χ4n) is 1.38. The first-order chi connectivity index (χ1) is 7.15. The van der Waals surface area contributed by atoms with E-state index in [9.17, 15) is 0 Å². The van der Waals surface area contributed by atoms with Crippen molar-refractivity contribution in [2.75, 3.05) is 6.26 Å². The van der Waals surface area contributed by atoms with Gasteiger partial charge in [0.05, 0.1) is 6.61 Å². The van der Waals surface area contributed by atoms with Crippen molar-refractivity contribution in [2.24, 2.45) is 5.16 Å². The van der Waals surface area contributed by atoms with E-state index in [1.54, 1.807) is 0 Å². The molecule has 0 unspecified atom stereocenters. The number of nitrogens with zero attached hydrogens (tertiary/aromatic N) is 1. The van der Waals surface area contributed by atoms with Crippen LogP contribution in [0.2, 0.25) is 0 Å². The summed E-state index contributed by atoms with van der Waals surface area (Å²) in [6.07, 6.45) is 1.92. The molecule has 0 heterocycles. The molecule has 3 nitrogen and oxygen atoms in total. The normalized spacial score (nSPS) is 11.9. The molecular formula is C10H12ClNO2S. The van der Waals surface area contributed by atoms with Gasteiger partial charge in [0.2, 0.25) is 0 Å². The van der Waals surface area contributed by atoms with Crippen LogP contribution in [0.5, 0.6) is 0 Å². The fourth-order valence-corrected chi connectivity index (χ4v) is 2.34. The lowest BCUT2D eigenvalue weighted by atomic mass is 10.0. The van der Waals surface area contributed by atoms with Gasteiger partial charge < -0.3 is 10.3 Å². The summed E-state index contributed by atoms with van der Waals surface area (Å²) in [5, 5.41) is 20.8. The summed E-state index contributed by atoms with van der Waals surface area (Å²) in [4.78, 5) is 0.924. The molecule has 0 aliphatic carbocycles. The Kier molecular flexibility index (Phi) is 4.45. The SMILES string of the molecule is CSc1ccc(CO)c(C)c1C(Cl)=NO. The summed E-state index contributed by atoms with van der Waals surface area (Å²) in [6, 6.07) is 3.69. The van der Waals surface area contributed by atoms with E-state index in [4.69, 9.17) is 21.9 Å². The van der Waals surface area contributed by atoms with Crippen molar-refractivity contribution < 1.29 is 10.3 Å². The number of aliphatic hydroxyl groups is 1. The number of hydrogen-bond acceptors (Lipinski definition) is 4. The molecule has 0 amide bonds. The average molecular weight is 246 g/mol. The third-order valence-electron chi connectivity index (χ3n) is 2.22. The van der Waals surface area contributed by atoms with Gasteiger partial charge in [0, 0.05) is 10.5 Å². The van der Waals surface area contributed by atoms with Crippen LogP contribution in [-0.2, 0) is 6.61 Å². The van der Waals surface area contributed by atoms with Gasteiger partial charge >= 0.3 is 0 Å². The zero-order chi connectivity index (χ0) is 11.4. The van der Waals surface area contributed by atoms with E-state index in [1.807, 2.05) is 25.3 Å². The van der Waals surface area contributed by atoms with Crippen LogP contribution in [0, 0.1) is 6.92 Å². The third kappa shape index (κ3) is 2.45. The molecular weight excluding hydrogens is 234 g/mol. The van der Waals surface area contributed by atoms with E-state index in [0.29, 0.717) is 5.56 Å². The number of aliphatic hydroxyl groups excluding tert-OH is 1. The Labute approximate surface area is 97.8 Å². The minimum Gasteiger partial charge on any atom is -0.410 e. The molecule has 1 rings (SSSR count). The Bertz CT molecular complexity index is 393. The molecule has 0 saturated carbocycles. The summed E-state index contributed by atoms with van der Waals surface area (Å²) < 4.78 is 0. The second kappa shape index (κ2) is 5.39. The Morgan fingerprint density at radius 1 is 1.53 bits per heavy atom. The Morgan fingerprint density at radius 3 is 2.67 bits per heavy atom. The second-order valence-electron chi connectivity index (χ2n) is 2.98. The van der Waals surface area contributed by atoms with Gasteiger partial charge in [-0.1, -0.05) is 22.8 Å². The number of rotatable bonds is 3. The molecule has 0 atom stereocenters. The van der Waals surface area contributed by atoms with Crippen molar-refractivity contribution in [1.29, 1.82) is 0 Å². The highest BCUT2D eigenvalue weighted by Gasteiger charge is 2.13. The topological polar surface area (TPSA) is 52.8 Å². The molecule has 0 aliphatic heterocycles. The van der Waals surface area contributed by atoms with Gasteiger partial charge in [-0.3, -0.25) is 0 Å². The lowest BCUT2D eigenvalue weighted by Gasteiger charge is -2.11. The predicted octanol–water partition coefficient (Wildman–Crippen LogP) is 2.58. The first-order valence-electron chi connectivity index (χ1n) is 4.31. The van der Waals surface area contributed by atoms with Crippen molar-refractivity contribution in [2.45, 2.75) is 18.4 Å². The van der Waals surface area contributed by atoms with Gasteiger partial charge in [0.1, 0.15) is 0 Å². The minimum atomic E-state index is -0.0525. The first kappa shape index (κ1) is 12.4. The molecule has 15 heavy (non-hydrogen) atoms. The highest BCUT2D eigenvalue weighted by Crippen LogP contribution is 2.27. The lowest BCUT2D eigenvalue weighted by Crippen LogP contribution is -2.02. The Morgan fingerprint density at radius 2 is 2.20 bits per heavy atom. The highest BCUT2D eigenvalue weighted by atomic mass is 35.5. The molecule has 0 spiro atoms. The quantitative estimate of drug-likeness (QED) is 0.373. The van der Waals surface area contributed by atoms with E-state index in [-0.39, 0.29) is 11.8 Å². The summed E-state index contributed by atoms with van der Waals surface area (Å²) in [6.45, 7) is 1.79. The summed E-state index contributed by atoms with van der Waals surface area (Å²) in [5.41, 5.74) is 2.30. The van der Waals surface area contributed by atoms with E-state index < -0.39 is 0 Å². The van der Waals surface area contributed by atoms with Crippen molar-refractivity contribution in [3.05, 3.63) is 28.8 Å². The fraction of sp³-hybridized carbons (Fsp3) is 0.300. The number of thioether (sulfide) groups is 1. The largest absolute Gasteiger partial charge is 0.410 e. The second-order valence-corrected chi connectivity index (χ2v) is 4.18. The van der Waals surface area contributed by atoms with Crippen molar-refractivity contribution in [3.8, 4) is 0 Å². The zero-order valence-corrected chi connectivity index (χ0v) is 10.1. The van der Waals surface area contributed by atoms with Crippen LogP contribution >= 0.6 is 23.4 Å². The van der Waals surface area contributed by atoms with Crippen LogP contribution < -0.4 is 0 Å². The molecule has 0 saturated heterocycles. The summed E-state index contributed by atoms with van der Waals surface area (Å²) in [5.74, 6) is 0. The number of hydrogen-bond donors (Lipinski definition) is 2. The molecule has 82 valence electrons. The Hall–Kier alpha value is -0.710. The summed E-state index contributed by atoms with van der Waals surface area (Å²) >= 11 is 7.33. The van der Waals surface area contributed by atoms with Gasteiger partial charge in [-0.05, 0) is 30.4 Å². The highest BCUT2D eigenvalue weighted by molar-refractivity contribution is 7.98. The molecule has 0 radical (unpaired) electrons. The van der Waals surface area contributed by atoms with Gasteiger partial charge in [-0.25, -0.2) is 0 Å². The number of oxime groups is 1. The molecule has 1 aromatic carbocycles. The maximum atomic E-state index is 9.11. The standard InChI is InChI=1S/C10H12ClNO2S/c1-6-7(5-13)3-4-8(15-2)9(6)10(11)12-14/h3-4,13-14H,5H2,1-2H3. The smallest absolute Gasteiger partial charge is 0.176 e. The van der Waals surface area contributed by atoms with Gasteiger partial charge in [-0.2, -0.15) is 0 Å². The van der Waals surface area contributed by atoms with Crippen molar-refractivity contribution in [1.82, 2.24) is 0 Å². The van der Waals surface area contributed by atoms with Gasteiger partial charge in [-0.15, -0.1) is 11.8 Å². The van der Waals surface area contributed by atoms with E-state index >= 15 is 0 Å². The van der Waals surface area contributed by atoms with Crippen LogP contribution in [-0.4, -0.2) is 21.7 Å². The van der Waals surface area contributed by atoms with Crippen LogP contribution in [0.3, 0.4) is 0 Å². The van der Waals surface area contributed by atoms with Gasteiger partial charge in [0.25, 0.3) is 0 Å². The Balaban J connectivity index is 3.42. The van der Waals surface area contributed by atoms with Crippen LogP contribution in [0.4, 0.5) is 0 Å². The molecule has 0 aliphatic rings. The molecule has 2 N–H and O–H groups in total.